The van der Waals surface area contributed by atoms with Crippen LogP contribution < -0.4 is 5.73 Å². The normalized spacial score (nSPS) is 12.8. The fourth-order valence-corrected chi connectivity index (χ4v) is 2.56. The number of benzene rings is 1. The molecular formula is C13H16BrN3. The van der Waals surface area contributed by atoms with E-state index in [-0.39, 0.29) is 6.04 Å². The second-order valence-electron chi connectivity index (χ2n) is 4.26. The van der Waals surface area contributed by atoms with Gasteiger partial charge in [0, 0.05) is 21.8 Å². The summed E-state index contributed by atoms with van der Waals surface area (Å²) in [7, 11) is 0. The number of nitrogens with two attached hydrogens (primary N) is 1. The molecule has 2 N–H and O–H groups in total. The fourth-order valence-electron chi connectivity index (χ4n) is 2.17. The van der Waals surface area contributed by atoms with E-state index >= 15 is 0 Å². The van der Waals surface area contributed by atoms with Crippen LogP contribution in [0.25, 0.3) is 5.69 Å². The standard InChI is InChI=1S/C13H16BrN3/c1-8(15)13-9(2)16-17(10(13)3)12-6-4-5-11(14)7-12/h4-8H,15H2,1-3H3. The molecule has 2 rings (SSSR count). The number of nitrogens with zero attached hydrogens (tertiary/aromatic N) is 2. The average molecular weight is 294 g/mol. The number of halogens is 1. The third kappa shape index (κ3) is 2.28. The average Bonchev–Trinajstić information content (AvgIpc) is 2.54. The van der Waals surface area contributed by atoms with E-state index in [4.69, 9.17) is 5.73 Å². The summed E-state index contributed by atoms with van der Waals surface area (Å²) in [6.07, 6.45) is 0. The summed E-state index contributed by atoms with van der Waals surface area (Å²) in [6, 6.07) is 8.10. The summed E-state index contributed by atoms with van der Waals surface area (Å²) in [5, 5.41) is 4.56. The SMILES string of the molecule is Cc1nn(-c2cccc(Br)c2)c(C)c1C(C)N. The Kier molecular flexibility index (Phi) is 3.35. The predicted octanol–water partition coefficient (Wildman–Crippen LogP) is 3.27. The Morgan fingerprint density at radius 1 is 1.35 bits per heavy atom. The van der Waals surface area contributed by atoms with Gasteiger partial charge in [0.05, 0.1) is 11.4 Å². The molecule has 4 heteroatoms. The molecule has 17 heavy (non-hydrogen) atoms. The highest BCUT2D eigenvalue weighted by molar-refractivity contribution is 9.10. The second-order valence-corrected chi connectivity index (χ2v) is 5.18. The molecule has 1 atom stereocenters. The smallest absolute Gasteiger partial charge is 0.0660 e. The van der Waals surface area contributed by atoms with Crippen molar-refractivity contribution >= 4 is 15.9 Å². The van der Waals surface area contributed by atoms with Crippen LogP contribution in [0.4, 0.5) is 0 Å². The van der Waals surface area contributed by atoms with Gasteiger partial charge >= 0.3 is 0 Å². The van der Waals surface area contributed by atoms with Gasteiger partial charge in [0.15, 0.2) is 0 Å². The molecule has 3 nitrogen and oxygen atoms in total. The van der Waals surface area contributed by atoms with Crippen molar-refractivity contribution in [1.29, 1.82) is 0 Å². The second kappa shape index (κ2) is 4.63. The van der Waals surface area contributed by atoms with E-state index in [0.29, 0.717) is 0 Å². The molecule has 90 valence electrons. The molecular weight excluding hydrogens is 278 g/mol. The van der Waals surface area contributed by atoms with Crippen LogP contribution in [-0.4, -0.2) is 9.78 Å². The van der Waals surface area contributed by atoms with Gasteiger partial charge in [-0.25, -0.2) is 4.68 Å². The maximum Gasteiger partial charge on any atom is 0.0660 e. The van der Waals surface area contributed by atoms with E-state index in [1.54, 1.807) is 0 Å². The van der Waals surface area contributed by atoms with Gasteiger partial charge in [0.1, 0.15) is 0 Å². The van der Waals surface area contributed by atoms with Gasteiger partial charge in [0.2, 0.25) is 0 Å². The van der Waals surface area contributed by atoms with E-state index in [2.05, 4.69) is 28.0 Å². The molecule has 0 radical (unpaired) electrons. The molecule has 0 saturated heterocycles. The van der Waals surface area contributed by atoms with Crippen LogP contribution in [0.1, 0.15) is 29.9 Å². The molecule has 1 unspecified atom stereocenters. The molecule has 1 heterocycles. The summed E-state index contributed by atoms with van der Waals surface area (Å²) in [4.78, 5) is 0. The lowest BCUT2D eigenvalue weighted by Gasteiger charge is -2.07. The van der Waals surface area contributed by atoms with Crippen LogP contribution >= 0.6 is 15.9 Å². The van der Waals surface area contributed by atoms with Crippen molar-refractivity contribution in [3.63, 3.8) is 0 Å². The lowest BCUT2D eigenvalue weighted by atomic mass is 10.1. The molecule has 0 aliphatic rings. The molecule has 0 bridgehead atoms. The molecule has 2 aromatic rings. The minimum atomic E-state index is 0.0101. The molecule has 1 aromatic heterocycles. The topological polar surface area (TPSA) is 43.8 Å². The van der Waals surface area contributed by atoms with Crippen LogP contribution in [0.15, 0.2) is 28.7 Å². The summed E-state index contributed by atoms with van der Waals surface area (Å²) in [6.45, 7) is 6.04. The summed E-state index contributed by atoms with van der Waals surface area (Å²) < 4.78 is 2.99. The largest absolute Gasteiger partial charge is 0.324 e. The highest BCUT2D eigenvalue weighted by Gasteiger charge is 2.15. The minimum absolute atomic E-state index is 0.0101. The van der Waals surface area contributed by atoms with Gasteiger partial charge in [-0.1, -0.05) is 22.0 Å². The molecule has 1 aromatic carbocycles. The van der Waals surface area contributed by atoms with Crippen molar-refractivity contribution < 1.29 is 0 Å². The first-order valence-electron chi connectivity index (χ1n) is 5.58. The highest BCUT2D eigenvalue weighted by Crippen LogP contribution is 2.23. The molecule has 0 saturated carbocycles. The van der Waals surface area contributed by atoms with Gasteiger partial charge in [-0.05, 0) is 39.0 Å². The number of hydrogen-bond donors (Lipinski definition) is 1. The van der Waals surface area contributed by atoms with E-state index in [0.717, 1.165) is 27.1 Å². The van der Waals surface area contributed by atoms with Gasteiger partial charge < -0.3 is 5.73 Å². The lowest BCUT2D eigenvalue weighted by molar-refractivity contribution is 0.795. The number of rotatable bonds is 2. The molecule has 0 fully saturated rings. The van der Waals surface area contributed by atoms with Gasteiger partial charge in [-0.15, -0.1) is 0 Å². The first kappa shape index (κ1) is 12.3. The van der Waals surface area contributed by atoms with E-state index < -0.39 is 0 Å². The van der Waals surface area contributed by atoms with Crippen molar-refractivity contribution in [3.8, 4) is 5.69 Å². The van der Waals surface area contributed by atoms with Crippen LogP contribution in [0.2, 0.25) is 0 Å². The van der Waals surface area contributed by atoms with Crippen molar-refractivity contribution in [2.24, 2.45) is 5.73 Å². The van der Waals surface area contributed by atoms with Crippen LogP contribution in [0, 0.1) is 13.8 Å². The Hall–Kier alpha value is -1.13. The van der Waals surface area contributed by atoms with Crippen LogP contribution in [-0.2, 0) is 0 Å². The Bertz CT molecular complexity index is 544. The third-order valence-corrected chi connectivity index (χ3v) is 3.35. The maximum absolute atomic E-state index is 5.97. The van der Waals surface area contributed by atoms with Gasteiger partial charge in [-0.3, -0.25) is 0 Å². The van der Waals surface area contributed by atoms with Crippen molar-refractivity contribution in [2.75, 3.05) is 0 Å². The van der Waals surface area contributed by atoms with Crippen molar-refractivity contribution in [1.82, 2.24) is 9.78 Å². The third-order valence-electron chi connectivity index (χ3n) is 2.86. The monoisotopic (exact) mass is 293 g/mol. The Labute approximate surface area is 110 Å². The number of hydrogen-bond acceptors (Lipinski definition) is 2. The first-order valence-corrected chi connectivity index (χ1v) is 6.37. The summed E-state index contributed by atoms with van der Waals surface area (Å²) >= 11 is 3.47. The summed E-state index contributed by atoms with van der Waals surface area (Å²) in [5.74, 6) is 0. The quantitative estimate of drug-likeness (QED) is 0.923. The summed E-state index contributed by atoms with van der Waals surface area (Å²) in [5.41, 5.74) is 10.3. The van der Waals surface area contributed by atoms with E-state index in [9.17, 15) is 0 Å². The maximum atomic E-state index is 5.97. The molecule has 0 amide bonds. The zero-order valence-corrected chi connectivity index (χ0v) is 11.8. The van der Waals surface area contributed by atoms with Crippen LogP contribution in [0.3, 0.4) is 0 Å². The molecule has 0 spiro atoms. The highest BCUT2D eigenvalue weighted by atomic mass is 79.9. The Balaban J connectivity index is 2.58. The van der Waals surface area contributed by atoms with Crippen LogP contribution in [0.5, 0.6) is 0 Å². The fraction of sp³-hybridized carbons (Fsp3) is 0.308. The van der Waals surface area contributed by atoms with Gasteiger partial charge in [0.25, 0.3) is 0 Å². The van der Waals surface area contributed by atoms with Crippen molar-refractivity contribution in [3.05, 3.63) is 45.7 Å². The molecule has 0 aliphatic heterocycles. The van der Waals surface area contributed by atoms with E-state index in [1.165, 1.54) is 0 Å². The minimum Gasteiger partial charge on any atom is -0.324 e. The number of aryl methyl sites for hydroxylation is 1. The zero-order chi connectivity index (χ0) is 12.6. The first-order chi connectivity index (χ1) is 8.00. The van der Waals surface area contributed by atoms with E-state index in [1.807, 2.05) is 42.8 Å². The lowest BCUT2D eigenvalue weighted by Crippen LogP contribution is -2.07. The van der Waals surface area contributed by atoms with Crippen molar-refractivity contribution in [2.45, 2.75) is 26.8 Å². The Morgan fingerprint density at radius 2 is 2.06 bits per heavy atom. The zero-order valence-electron chi connectivity index (χ0n) is 10.2. The molecule has 0 aliphatic carbocycles. The Morgan fingerprint density at radius 3 is 2.59 bits per heavy atom. The predicted molar refractivity (Wildman–Crippen MR) is 73.3 cm³/mol. The van der Waals surface area contributed by atoms with Gasteiger partial charge in [-0.2, -0.15) is 5.10 Å². The number of aromatic nitrogens is 2.